The van der Waals surface area contributed by atoms with E-state index < -0.39 is 70.1 Å². The molecular formula is C33H51Cl3N8O14S2. The number of thioether (sulfide) groups is 2. The normalized spacial score (nSPS) is 24.1. The summed E-state index contributed by atoms with van der Waals surface area (Å²) in [5.41, 5.74) is 4.84. The van der Waals surface area contributed by atoms with Gasteiger partial charge in [-0.1, -0.05) is 94.5 Å². The minimum atomic E-state index is -0.839. The lowest BCUT2D eigenvalue weighted by atomic mass is 10.2. The molecule has 0 amide bonds. The number of nitro groups is 2. The molecule has 60 heavy (non-hydrogen) atoms. The summed E-state index contributed by atoms with van der Waals surface area (Å²) in [6, 6.07) is -0.788. The van der Waals surface area contributed by atoms with Gasteiger partial charge in [0.2, 0.25) is 21.3 Å². The first-order valence-electron chi connectivity index (χ1n) is 17.3. The summed E-state index contributed by atoms with van der Waals surface area (Å²) in [5.74, 6) is 1.48. The van der Waals surface area contributed by atoms with Gasteiger partial charge in [-0.2, -0.15) is 4.98 Å². The largest absolute Gasteiger partial charge is 0.509 e. The smallest absolute Gasteiger partial charge is 0.425 e. The Bertz CT molecular complexity index is 1720. The molecule has 2 aliphatic heterocycles. The summed E-state index contributed by atoms with van der Waals surface area (Å²) in [6.07, 6.45) is -1.77. The third-order valence-corrected chi connectivity index (χ3v) is 11.0. The average Bonchev–Trinajstić information content (AvgIpc) is 3.89. The first-order chi connectivity index (χ1) is 27.2. The molecule has 0 radical (unpaired) electrons. The van der Waals surface area contributed by atoms with E-state index in [0.29, 0.717) is 23.2 Å². The van der Waals surface area contributed by atoms with Crippen molar-refractivity contribution >= 4 is 87.8 Å². The molecule has 0 aromatic carbocycles. The molecule has 340 valence electrons. The highest BCUT2D eigenvalue weighted by Crippen LogP contribution is 2.39. The van der Waals surface area contributed by atoms with E-state index >= 15 is 0 Å². The maximum Gasteiger partial charge on any atom is 0.509 e. The van der Waals surface area contributed by atoms with Crippen molar-refractivity contribution in [2.24, 2.45) is 5.73 Å². The second-order valence-corrected chi connectivity index (χ2v) is 15.3. The van der Waals surface area contributed by atoms with E-state index in [1.54, 1.807) is 0 Å². The Labute approximate surface area is 369 Å². The highest BCUT2D eigenvalue weighted by molar-refractivity contribution is 7.99. The standard InChI is InChI=1S/C15H19ClN4O7S.C8H13NO5.C7H7Cl2N3O2S.3CH4/c1-2-5-28-14-18-12(16)9(20(23)24)13(19-14)17-7-6-8(25-4-3-21)11-10(7)26-15(22)27-11;9-4-3-5(12-2-1-10)7-6(4)13-8(11)14-7;1-2-3-15-7-10-5(8)4(12(13)14)6(9)11-7;;;/h7-8,10-11,21H,2-6H2,1H3,(H,17,18,19);4-7,10H,1-3,9H2;2-3H2,1H3;3*1H4/t7-,8+,10+,11-;4-,5+,6+,7-;;;;/m11..../s1. The van der Waals surface area contributed by atoms with Crippen LogP contribution in [-0.2, 0) is 28.4 Å². The minimum absolute atomic E-state index is 0. The molecule has 22 nitrogen and oxygen atoms in total. The summed E-state index contributed by atoms with van der Waals surface area (Å²) in [4.78, 5) is 58.7. The third-order valence-electron chi connectivity index (χ3n) is 8.12. The van der Waals surface area contributed by atoms with Crippen LogP contribution in [0.4, 0.5) is 26.8 Å². The number of nitrogens with one attached hydrogen (secondary N) is 1. The quantitative estimate of drug-likeness (QED) is 0.0368. The number of aliphatic hydroxyl groups is 2. The number of aromatic nitrogens is 4. The maximum absolute atomic E-state index is 11.5. The second-order valence-electron chi connectivity index (χ2n) is 12.1. The van der Waals surface area contributed by atoms with Crippen LogP contribution in [0, 0.1) is 20.2 Å². The Hall–Kier alpha value is -3.33. The Morgan fingerprint density at radius 3 is 1.62 bits per heavy atom. The first kappa shape index (κ1) is 54.7. The molecule has 2 aromatic rings. The average molecular weight is 954 g/mol. The molecular weight excluding hydrogens is 903 g/mol. The van der Waals surface area contributed by atoms with Crippen LogP contribution in [0.3, 0.4) is 0 Å². The highest BCUT2D eigenvalue weighted by Gasteiger charge is 2.54. The topological polar surface area (TPSA) is 306 Å². The van der Waals surface area contributed by atoms with E-state index in [1.807, 2.05) is 13.8 Å². The lowest BCUT2D eigenvalue weighted by molar-refractivity contribution is -0.385. The predicted octanol–water partition coefficient (Wildman–Crippen LogP) is 6.11. The molecule has 6 rings (SSSR count). The van der Waals surface area contributed by atoms with Gasteiger partial charge >= 0.3 is 23.7 Å². The molecule has 0 spiro atoms. The first-order valence-corrected chi connectivity index (χ1v) is 20.4. The number of carbonyl (C=O) groups is 2. The van der Waals surface area contributed by atoms with Crippen LogP contribution in [-0.4, -0.2) is 139 Å². The summed E-state index contributed by atoms with van der Waals surface area (Å²) < 4.78 is 30.9. The molecule has 0 unspecified atom stereocenters. The lowest BCUT2D eigenvalue weighted by Crippen LogP contribution is -2.34. The van der Waals surface area contributed by atoms with Gasteiger partial charge in [-0.05, 0) is 19.3 Å². The number of nitrogens with zero attached hydrogens (tertiary/aromatic N) is 6. The zero-order chi connectivity index (χ0) is 41.8. The number of carbonyl (C=O) groups excluding carboxylic acids is 2. The van der Waals surface area contributed by atoms with Crippen molar-refractivity contribution in [3.05, 3.63) is 35.7 Å². The van der Waals surface area contributed by atoms with Crippen LogP contribution in [0.25, 0.3) is 0 Å². The van der Waals surface area contributed by atoms with E-state index in [9.17, 15) is 29.8 Å². The van der Waals surface area contributed by atoms with Crippen LogP contribution < -0.4 is 11.1 Å². The highest BCUT2D eigenvalue weighted by atomic mass is 35.5. The van der Waals surface area contributed by atoms with Gasteiger partial charge in [-0.3, -0.25) is 20.2 Å². The van der Waals surface area contributed by atoms with Gasteiger partial charge < -0.3 is 49.7 Å². The van der Waals surface area contributed by atoms with Crippen molar-refractivity contribution < 1.29 is 58.1 Å². The summed E-state index contributed by atoms with van der Waals surface area (Å²) >= 11 is 19.9. The van der Waals surface area contributed by atoms with E-state index in [4.69, 9.17) is 79.2 Å². The van der Waals surface area contributed by atoms with Gasteiger partial charge in [0.1, 0.15) is 12.2 Å². The number of hydrogen-bond donors (Lipinski definition) is 4. The van der Waals surface area contributed by atoms with Crippen molar-refractivity contribution in [2.75, 3.05) is 43.3 Å². The number of hydrogen-bond acceptors (Lipinski definition) is 22. The van der Waals surface area contributed by atoms with Crippen molar-refractivity contribution in [3.8, 4) is 0 Å². The third kappa shape index (κ3) is 14.4. The molecule has 2 aliphatic carbocycles. The minimum Gasteiger partial charge on any atom is -0.425 e. The zero-order valence-corrected chi connectivity index (χ0v) is 34.1. The van der Waals surface area contributed by atoms with Gasteiger partial charge in [0, 0.05) is 24.0 Å². The van der Waals surface area contributed by atoms with Crippen LogP contribution in [0.15, 0.2) is 10.3 Å². The Balaban J connectivity index is 0.000000479. The Morgan fingerprint density at radius 1 is 0.733 bits per heavy atom. The fourth-order valence-corrected chi connectivity index (χ4v) is 8.12. The number of anilines is 1. The molecule has 4 aliphatic rings. The SMILES string of the molecule is C.C.C.CCCSc1nc(Cl)c([N+](=O)[O-])c(Cl)n1.CCCSc1nc(Cl)c([N+](=O)[O-])c(N[C@@H]2C[C@H](OCCO)[C@H]3OC(=O)O[C@H]32)n1.N[C@@H]1C[C@H](OCCO)[C@H]2OC(=O)O[C@H]21. The van der Waals surface area contributed by atoms with Crippen molar-refractivity contribution in [1.29, 1.82) is 0 Å². The summed E-state index contributed by atoms with van der Waals surface area (Å²) in [7, 11) is 0. The van der Waals surface area contributed by atoms with Gasteiger partial charge in [0.25, 0.3) is 0 Å². The van der Waals surface area contributed by atoms with E-state index in [0.717, 1.165) is 24.3 Å². The molecule has 2 aromatic heterocycles. The molecule has 4 heterocycles. The van der Waals surface area contributed by atoms with Crippen LogP contribution in [0.5, 0.6) is 0 Å². The van der Waals surface area contributed by atoms with Gasteiger partial charge in [0.05, 0.1) is 42.3 Å². The zero-order valence-electron chi connectivity index (χ0n) is 30.2. The number of ether oxygens (including phenoxy) is 6. The van der Waals surface area contributed by atoms with Gasteiger partial charge in [-0.15, -0.1) is 0 Å². The summed E-state index contributed by atoms with van der Waals surface area (Å²) in [5, 5.41) is 42.4. The number of fused-ring (bicyclic) bond motifs is 2. The van der Waals surface area contributed by atoms with Crippen molar-refractivity contribution in [1.82, 2.24) is 19.9 Å². The van der Waals surface area contributed by atoms with Crippen molar-refractivity contribution in [2.45, 2.75) is 121 Å². The lowest BCUT2D eigenvalue weighted by Gasteiger charge is -2.18. The molecule has 8 atom stereocenters. The monoisotopic (exact) mass is 952 g/mol. The fourth-order valence-electron chi connectivity index (χ4n) is 5.81. The summed E-state index contributed by atoms with van der Waals surface area (Å²) in [6.45, 7) is 4.03. The number of rotatable bonds is 16. The maximum atomic E-state index is 11.5. The van der Waals surface area contributed by atoms with Crippen LogP contribution >= 0.6 is 58.3 Å². The Morgan fingerprint density at radius 2 is 1.15 bits per heavy atom. The van der Waals surface area contributed by atoms with E-state index in [1.165, 1.54) is 23.5 Å². The second kappa shape index (κ2) is 26.2. The van der Waals surface area contributed by atoms with Crippen LogP contribution in [0.1, 0.15) is 61.8 Å². The van der Waals surface area contributed by atoms with Gasteiger partial charge in [0.15, 0.2) is 34.7 Å². The molecule has 5 N–H and O–H groups in total. The predicted molar refractivity (Wildman–Crippen MR) is 223 cm³/mol. The molecule has 2 saturated carbocycles. The molecule has 4 fully saturated rings. The molecule has 27 heteroatoms. The van der Waals surface area contributed by atoms with Gasteiger partial charge in [-0.25, -0.2) is 24.5 Å². The van der Waals surface area contributed by atoms with E-state index in [-0.39, 0.29) is 82.1 Å². The molecule has 2 saturated heterocycles. The molecule has 0 bridgehead atoms. The number of aliphatic hydroxyl groups excluding tert-OH is 2. The van der Waals surface area contributed by atoms with Crippen LogP contribution in [0.2, 0.25) is 15.5 Å². The van der Waals surface area contributed by atoms with Crippen molar-refractivity contribution in [3.63, 3.8) is 0 Å². The van der Waals surface area contributed by atoms with E-state index in [2.05, 4.69) is 25.3 Å². The number of nitrogens with two attached hydrogens (primary N) is 1. The number of halogens is 3. The fraction of sp³-hybridized carbons (Fsp3) is 0.697. The Kier molecular flexibility index (Phi) is 23.9.